The van der Waals surface area contributed by atoms with Gasteiger partial charge in [0.1, 0.15) is 6.54 Å². The van der Waals surface area contributed by atoms with Gasteiger partial charge in [-0.25, -0.2) is 0 Å². The van der Waals surface area contributed by atoms with E-state index in [-0.39, 0.29) is 12.5 Å². The van der Waals surface area contributed by atoms with Crippen molar-refractivity contribution >= 4 is 5.91 Å². The summed E-state index contributed by atoms with van der Waals surface area (Å²) in [6, 6.07) is 0. The van der Waals surface area contributed by atoms with Crippen LogP contribution in [0.25, 0.3) is 0 Å². The van der Waals surface area contributed by atoms with Crippen LogP contribution in [0.1, 0.15) is 29.2 Å². The molecule has 1 fully saturated rings. The van der Waals surface area contributed by atoms with Crippen molar-refractivity contribution in [2.45, 2.75) is 32.4 Å². The van der Waals surface area contributed by atoms with E-state index in [1.807, 2.05) is 13.1 Å². The van der Waals surface area contributed by atoms with E-state index >= 15 is 0 Å². The van der Waals surface area contributed by atoms with Crippen molar-refractivity contribution in [2.75, 3.05) is 13.1 Å². The van der Waals surface area contributed by atoms with Gasteiger partial charge in [0.15, 0.2) is 0 Å². The molecule has 2 aromatic heterocycles. The molecule has 1 aliphatic heterocycles. The molecular weight excluding hydrogens is 268 g/mol. The third-order valence-electron chi connectivity index (χ3n) is 3.76. The number of hydrogen-bond acceptors (Lipinski definition) is 4. The van der Waals surface area contributed by atoms with Gasteiger partial charge in [-0.3, -0.25) is 14.6 Å². The Bertz CT molecular complexity index is 611. The lowest BCUT2D eigenvalue weighted by atomic mass is 10.0. The highest BCUT2D eigenvalue weighted by Crippen LogP contribution is 2.23. The van der Waals surface area contributed by atoms with E-state index in [1.54, 1.807) is 17.1 Å². The fourth-order valence-electron chi connectivity index (χ4n) is 2.67. The molecule has 3 N–H and O–H groups in total. The summed E-state index contributed by atoms with van der Waals surface area (Å²) in [7, 11) is 0. The first kappa shape index (κ1) is 13.8. The van der Waals surface area contributed by atoms with Crippen molar-refractivity contribution in [1.82, 2.24) is 30.6 Å². The predicted octanol–water partition coefficient (Wildman–Crippen LogP) is 0.308. The molecule has 0 spiro atoms. The summed E-state index contributed by atoms with van der Waals surface area (Å²) in [6.45, 7) is 4.70. The average Bonchev–Trinajstić information content (AvgIpc) is 3.16. The topological polar surface area (TPSA) is 87.6 Å². The molecular formula is C14H20N6O. The maximum atomic E-state index is 11.9. The fraction of sp³-hybridized carbons (Fsp3) is 0.500. The molecule has 1 saturated heterocycles. The van der Waals surface area contributed by atoms with Crippen LogP contribution in [0.15, 0.2) is 18.6 Å². The molecule has 0 radical (unpaired) electrons. The van der Waals surface area contributed by atoms with Gasteiger partial charge in [0, 0.05) is 36.5 Å². The maximum absolute atomic E-state index is 11.9. The number of aryl methyl sites for hydroxylation is 1. The fourth-order valence-corrected chi connectivity index (χ4v) is 2.67. The van der Waals surface area contributed by atoms with Gasteiger partial charge in [0.05, 0.1) is 12.4 Å². The highest BCUT2D eigenvalue weighted by Gasteiger charge is 2.21. The van der Waals surface area contributed by atoms with Crippen LogP contribution in [-0.2, 0) is 17.9 Å². The van der Waals surface area contributed by atoms with Gasteiger partial charge in [0.2, 0.25) is 5.91 Å². The van der Waals surface area contributed by atoms with Crippen LogP contribution in [0.4, 0.5) is 0 Å². The average molecular weight is 288 g/mol. The number of carbonyl (C=O) groups is 1. The standard InChI is InChI=1S/C14H20N6O/c1-10-4-18-20(8-10)9-13(21)16-6-12-7-17-19-14(12)11-2-3-15-5-11/h4,7-8,11,15H,2-3,5-6,9H2,1H3,(H,16,21)(H,17,19). The number of H-pyrrole nitrogens is 1. The number of nitrogens with zero attached hydrogens (tertiary/aromatic N) is 3. The molecule has 3 heterocycles. The van der Waals surface area contributed by atoms with Crippen LogP contribution in [0.2, 0.25) is 0 Å². The summed E-state index contributed by atoms with van der Waals surface area (Å²) in [5.74, 6) is 0.419. The Morgan fingerprint density at radius 1 is 1.52 bits per heavy atom. The molecule has 7 heteroatoms. The van der Waals surface area contributed by atoms with Gasteiger partial charge in [-0.05, 0) is 25.5 Å². The van der Waals surface area contributed by atoms with Crippen LogP contribution >= 0.6 is 0 Å². The summed E-state index contributed by atoms with van der Waals surface area (Å²) in [5.41, 5.74) is 3.25. The minimum atomic E-state index is -0.0465. The van der Waals surface area contributed by atoms with E-state index < -0.39 is 0 Å². The van der Waals surface area contributed by atoms with Gasteiger partial charge in [0.25, 0.3) is 0 Å². The lowest BCUT2D eigenvalue weighted by Gasteiger charge is -2.10. The number of rotatable bonds is 5. The Balaban J connectivity index is 1.55. The normalized spacial score (nSPS) is 18.0. The van der Waals surface area contributed by atoms with Crippen LogP contribution in [0.5, 0.6) is 0 Å². The van der Waals surface area contributed by atoms with Gasteiger partial charge >= 0.3 is 0 Å². The van der Waals surface area contributed by atoms with Gasteiger partial charge in [-0.1, -0.05) is 0 Å². The molecule has 0 saturated carbocycles. The third kappa shape index (κ3) is 3.30. The minimum absolute atomic E-state index is 0.0465. The molecule has 0 aromatic carbocycles. The zero-order chi connectivity index (χ0) is 14.7. The molecule has 1 aliphatic rings. The summed E-state index contributed by atoms with van der Waals surface area (Å²) in [6.07, 6.45) is 6.50. The minimum Gasteiger partial charge on any atom is -0.350 e. The second-order valence-corrected chi connectivity index (χ2v) is 5.49. The monoisotopic (exact) mass is 288 g/mol. The highest BCUT2D eigenvalue weighted by molar-refractivity contribution is 5.75. The Morgan fingerprint density at radius 3 is 3.14 bits per heavy atom. The number of nitrogens with one attached hydrogen (secondary N) is 3. The maximum Gasteiger partial charge on any atom is 0.241 e. The van der Waals surface area contributed by atoms with E-state index in [4.69, 9.17) is 0 Å². The van der Waals surface area contributed by atoms with E-state index in [9.17, 15) is 4.79 Å². The molecule has 1 amide bonds. The van der Waals surface area contributed by atoms with Crippen LogP contribution < -0.4 is 10.6 Å². The van der Waals surface area contributed by atoms with Crippen molar-refractivity contribution < 1.29 is 4.79 Å². The molecule has 2 aromatic rings. The second-order valence-electron chi connectivity index (χ2n) is 5.49. The molecule has 3 rings (SSSR count). The molecule has 21 heavy (non-hydrogen) atoms. The SMILES string of the molecule is Cc1cnn(CC(=O)NCc2cn[nH]c2C2CCNC2)c1. The molecule has 0 aliphatic carbocycles. The van der Waals surface area contributed by atoms with E-state index in [2.05, 4.69) is 25.9 Å². The van der Waals surface area contributed by atoms with Crippen molar-refractivity contribution in [2.24, 2.45) is 0 Å². The summed E-state index contributed by atoms with van der Waals surface area (Å²) >= 11 is 0. The first-order valence-electron chi connectivity index (χ1n) is 7.21. The van der Waals surface area contributed by atoms with E-state index in [0.29, 0.717) is 12.5 Å². The number of aromatic nitrogens is 4. The van der Waals surface area contributed by atoms with Gasteiger partial charge < -0.3 is 10.6 Å². The molecule has 1 atom stereocenters. The first-order chi connectivity index (χ1) is 10.2. The van der Waals surface area contributed by atoms with Crippen molar-refractivity contribution in [3.05, 3.63) is 35.4 Å². The third-order valence-corrected chi connectivity index (χ3v) is 3.76. The Labute approximate surface area is 123 Å². The van der Waals surface area contributed by atoms with Crippen molar-refractivity contribution in [1.29, 1.82) is 0 Å². The molecule has 1 unspecified atom stereocenters. The molecule has 7 nitrogen and oxygen atoms in total. The quantitative estimate of drug-likeness (QED) is 0.739. The summed E-state index contributed by atoms with van der Waals surface area (Å²) < 4.78 is 1.64. The van der Waals surface area contributed by atoms with Crippen molar-refractivity contribution in [3.8, 4) is 0 Å². The summed E-state index contributed by atoms with van der Waals surface area (Å²) in [5, 5.41) is 17.6. The van der Waals surface area contributed by atoms with Gasteiger partial charge in [-0.15, -0.1) is 0 Å². The Hall–Kier alpha value is -2.15. The highest BCUT2D eigenvalue weighted by atomic mass is 16.2. The van der Waals surface area contributed by atoms with E-state index in [1.165, 1.54) is 0 Å². The number of hydrogen-bond donors (Lipinski definition) is 3. The lowest BCUT2D eigenvalue weighted by molar-refractivity contribution is -0.122. The Morgan fingerprint density at radius 2 is 2.43 bits per heavy atom. The van der Waals surface area contributed by atoms with Gasteiger partial charge in [-0.2, -0.15) is 10.2 Å². The largest absolute Gasteiger partial charge is 0.350 e. The smallest absolute Gasteiger partial charge is 0.241 e. The molecule has 112 valence electrons. The molecule has 0 bridgehead atoms. The predicted molar refractivity (Wildman–Crippen MR) is 77.6 cm³/mol. The van der Waals surface area contributed by atoms with Crippen LogP contribution in [0, 0.1) is 6.92 Å². The zero-order valence-electron chi connectivity index (χ0n) is 12.1. The summed E-state index contributed by atoms with van der Waals surface area (Å²) in [4.78, 5) is 11.9. The number of carbonyl (C=O) groups excluding carboxylic acids is 1. The second kappa shape index (κ2) is 6.09. The van der Waals surface area contributed by atoms with E-state index in [0.717, 1.165) is 36.3 Å². The van der Waals surface area contributed by atoms with Crippen LogP contribution in [-0.4, -0.2) is 39.0 Å². The zero-order valence-corrected chi connectivity index (χ0v) is 12.1. The van der Waals surface area contributed by atoms with Crippen molar-refractivity contribution in [3.63, 3.8) is 0 Å². The van der Waals surface area contributed by atoms with Crippen LogP contribution in [0.3, 0.4) is 0 Å². The number of amides is 1. The Kier molecular flexibility index (Phi) is 4.01. The first-order valence-corrected chi connectivity index (χ1v) is 7.21. The lowest BCUT2D eigenvalue weighted by Crippen LogP contribution is -2.27. The number of aromatic amines is 1.